The quantitative estimate of drug-likeness (QED) is 0.408. The zero-order valence-electron chi connectivity index (χ0n) is 14.1. The lowest BCUT2D eigenvalue weighted by Crippen LogP contribution is -2.41. The summed E-state index contributed by atoms with van der Waals surface area (Å²) in [5, 5.41) is 10.2. The highest BCUT2D eigenvalue weighted by Crippen LogP contribution is 2.24. The number of aromatic nitrogens is 1. The molecule has 25 heavy (non-hydrogen) atoms. The number of guanidine groups is 1. The Morgan fingerprint density at radius 3 is 2.40 bits per heavy atom. The molecule has 0 atom stereocenters. The van der Waals surface area contributed by atoms with E-state index in [0.717, 1.165) is 5.69 Å². The molecule has 6 nitrogen and oxygen atoms in total. The van der Waals surface area contributed by atoms with Gasteiger partial charge in [-0.25, -0.2) is 0 Å². The summed E-state index contributed by atoms with van der Waals surface area (Å²) in [6, 6.07) is 10.9. The standard InChI is InChI=1S/C17H21Cl2N5O/c1-20-17(23-11-13-10-14(18)15(19)24(13)2)22-9-8-21-16(25)12-6-4-3-5-7-12/h3-7,10H,8-9,11H2,1-2H3,(H,21,25)(H2,20,22,23). The zero-order valence-corrected chi connectivity index (χ0v) is 15.7. The molecule has 0 saturated heterocycles. The molecule has 1 amide bonds. The Morgan fingerprint density at radius 2 is 1.80 bits per heavy atom. The smallest absolute Gasteiger partial charge is 0.251 e. The fourth-order valence-electron chi connectivity index (χ4n) is 2.20. The number of rotatable bonds is 6. The van der Waals surface area contributed by atoms with E-state index in [4.69, 9.17) is 23.2 Å². The Balaban J connectivity index is 1.73. The van der Waals surface area contributed by atoms with Crippen molar-refractivity contribution in [3.8, 4) is 0 Å². The van der Waals surface area contributed by atoms with Crippen molar-refractivity contribution in [2.45, 2.75) is 6.54 Å². The second-order valence-corrected chi connectivity index (χ2v) is 6.07. The van der Waals surface area contributed by atoms with Gasteiger partial charge >= 0.3 is 0 Å². The lowest BCUT2D eigenvalue weighted by Gasteiger charge is -2.13. The number of benzene rings is 1. The van der Waals surface area contributed by atoms with Gasteiger partial charge in [-0.2, -0.15) is 0 Å². The summed E-state index contributed by atoms with van der Waals surface area (Å²) in [6.07, 6.45) is 0. The predicted octanol–water partition coefficient (Wildman–Crippen LogP) is 2.43. The molecular formula is C17H21Cl2N5O. The molecule has 0 aliphatic carbocycles. The maximum Gasteiger partial charge on any atom is 0.251 e. The van der Waals surface area contributed by atoms with Crippen LogP contribution in [0, 0.1) is 0 Å². The second kappa shape index (κ2) is 9.34. The molecule has 1 aromatic carbocycles. The lowest BCUT2D eigenvalue weighted by atomic mass is 10.2. The molecule has 1 aromatic heterocycles. The van der Waals surface area contributed by atoms with E-state index in [1.165, 1.54) is 0 Å². The number of hydrogen-bond acceptors (Lipinski definition) is 2. The third-order valence-corrected chi connectivity index (χ3v) is 4.46. The molecule has 3 N–H and O–H groups in total. The monoisotopic (exact) mass is 381 g/mol. The Bertz CT molecular complexity index is 743. The summed E-state index contributed by atoms with van der Waals surface area (Å²) in [5.74, 6) is 0.529. The maximum atomic E-state index is 11.9. The third-order valence-electron chi connectivity index (χ3n) is 3.62. The van der Waals surface area contributed by atoms with E-state index in [0.29, 0.717) is 41.3 Å². The van der Waals surface area contributed by atoms with Crippen molar-refractivity contribution in [2.24, 2.45) is 12.0 Å². The molecule has 0 saturated carbocycles. The number of halogens is 2. The molecule has 0 spiro atoms. The van der Waals surface area contributed by atoms with Gasteiger partial charge in [0.15, 0.2) is 5.96 Å². The molecule has 2 aromatic rings. The van der Waals surface area contributed by atoms with Crippen LogP contribution in [-0.4, -0.2) is 36.6 Å². The van der Waals surface area contributed by atoms with Crippen LogP contribution < -0.4 is 16.0 Å². The zero-order chi connectivity index (χ0) is 18.2. The van der Waals surface area contributed by atoms with E-state index in [9.17, 15) is 4.79 Å². The van der Waals surface area contributed by atoms with Gasteiger partial charge in [-0.05, 0) is 18.2 Å². The number of carbonyl (C=O) groups is 1. The number of hydrogen-bond donors (Lipinski definition) is 3. The first-order chi connectivity index (χ1) is 12.0. The van der Waals surface area contributed by atoms with Crippen molar-refractivity contribution in [3.05, 3.63) is 57.8 Å². The highest BCUT2D eigenvalue weighted by molar-refractivity contribution is 6.41. The Morgan fingerprint density at radius 1 is 1.12 bits per heavy atom. The molecule has 0 unspecified atom stereocenters. The summed E-state index contributed by atoms with van der Waals surface area (Å²) in [6.45, 7) is 1.56. The average molecular weight is 382 g/mol. The molecule has 0 bridgehead atoms. The fraction of sp³-hybridized carbons (Fsp3) is 0.294. The third kappa shape index (κ3) is 5.41. The van der Waals surface area contributed by atoms with Crippen LogP contribution in [0.15, 0.2) is 41.4 Å². The molecule has 0 aliphatic rings. The van der Waals surface area contributed by atoms with E-state index in [2.05, 4.69) is 20.9 Å². The molecule has 0 aliphatic heterocycles. The van der Waals surface area contributed by atoms with E-state index in [-0.39, 0.29) is 5.91 Å². The van der Waals surface area contributed by atoms with Gasteiger partial charge in [-0.15, -0.1) is 0 Å². The topological polar surface area (TPSA) is 70.4 Å². The normalized spacial score (nSPS) is 11.3. The number of aliphatic imine (C=N–C) groups is 1. The lowest BCUT2D eigenvalue weighted by molar-refractivity contribution is 0.0954. The summed E-state index contributed by atoms with van der Waals surface area (Å²) < 4.78 is 1.81. The number of carbonyl (C=O) groups excluding carboxylic acids is 1. The predicted molar refractivity (Wildman–Crippen MR) is 102 cm³/mol. The van der Waals surface area contributed by atoms with Gasteiger partial charge in [0.1, 0.15) is 5.15 Å². The van der Waals surface area contributed by atoms with Gasteiger partial charge in [0.25, 0.3) is 5.91 Å². The minimum absolute atomic E-state index is 0.0987. The van der Waals surface area contributed by atoms with Crippen LogP contribution in [0.25, 0.3) is 0 Å². The first-order valence-electron chi connectivity index (χ1n) is 7.80. The van der Waals surface area contributed by atoms with Gasteiger partial charge in [0.2, 0.25) is 0 Å². The van der Waals surface area contributed by atoms with Crippen LogP contribution >= 0.6 is 23.2 Å². The van der Waals surface area contributed by atoms with Crippen molar-refractivity contribution in [1.29, 1.82) is 0 Å². The van der Waals surface area contributed by atoms with Crippen LogP contribution in [0.3, 0.4) is 0 Å². The van der Waals surface area contributed by atoms with Gasteiger partial charge in [0, 0.05) is 38.4 Å². The van der Waals surface area contributed by atoms with Gasteiger partial charge in [-0.1, -0.05) is 41.4 Å². The number of nitrogens with one attached hydrogen (secondary N) is 3. The Hall–Kier alpha value is -2.18. The van der Waals surface area contributed by atoms with Crippen LogP contribution in [0.5, 0.6) is 0 Å². The van der Waals surface area contributed by atoms with E-state index in [1.807, 2.05) is 35.9 Å². The van der Waals surface area contributed by atoms with E-state index >= 15 is 0 Å². The minimum atomic E-state index is -0.0987. The SMILES string of the molecule is CN=C(NCCNC(=O)c1ccccc1)NCc1cc(Cl)c(Cl)n1C. The largest absolute Gasteiger partial charge is 0.355 e. The summed E-state index contributed by atoms with van der Waals surface area (Å²) >= 11 is 12.0. The maximum absolute atomic E-state index is 11.9. The first-order valence-corrected chi connectivity index (χ1v) is 8.56. The highest BCUT2D eigenvalue weighted by Gasteiger charge is 2.09. The fourth-order valence-corrected chi connectivity index (χ4v) is 2.62. The minimum Gasteiger partial charge on any atom is -0.355 e. The number of amides is 1. The van der Waals surface area contributed by atoms with Crippen LogP contribution in [0.1, 0.15) is 16.1 Å². The van der Waals surface area contributed by atoms with Crippen molar-refractivity contribution < 1.29 is 4.79 Å². The van der Waals surface area contributed by atoms with Crippen molar-refractivity contribution >= 4 is 35.1 Å². The second-order valence-electron chi connectivity index (χ2n) is 5.31. The van der Waals surface area contributed by atoms with Crippen molar-refractivity contribution in [1.82, 2.24) is 20.5 Å². The Labute approximate surface area is 157 Å². The molecule has 0 fully saturated rings. The van der Waals surface area contributed by atoms with Crippen molar-refractivity contribution in [3.63, 3.8) is 0 Å². The van der Waals surface area contributed by atoms with Crippen molar-refractivity contribution in [2.75, 3.05) is 20.1 Å². The molecule has 8 heteroatoms. The van der Waals surface area contributed by atoms with Gasteiger partial charge in [-0.3, -0.25) is 9.79 Å². The van der Waals surface area contributed by atoms with Gasteiger partial charge < -0.3 is 20.5 Å². The average Bonchev–Trinajstić information content (AvgIpc) is 2.88. The van der Waals surface area contributed by atoms with Crippen LogP contribution in [0.2, 0.25) is 10.2 Å². The van der Waals surface area contributed by atoms with Crippen LogP contribution in [-0.2, 0) is 13.6 Å². The molecule has 1 heterocycles. The molecule has 134 valence electrons. The first kappa shape index (κ1) is 19.1. The molecule has 2 rings (SSSR count). The molecule has 0 radical (unpaired) electrons. The highest BCUT2D eigenvalue weighted by atomic mass is 35.5. The van der Waals surface area contributed by atoms with Crippen LogP contribution in [0.4, 0.5) is 0 Å². The summed E-state index contributed by atoms with van der Waals surface area (Å²) in [4.78, 5) is 16.1. The number of nitrogens with zero attached hydrogens (tertiary/aromatic N) is 2. The summed E-state index contributed by atoms with van der Waals surface area (Å²) in [7, 11) is 3.53. The molecular weight excluding hydrogens is 361 g/mol. The van der Waals surface area contributed by atoms with E-state index in [1.54, 1.807) is 19.2 Å². The van der Waals surface area contributed by atoms with Gasteiger partial charge in [0.05, 0.1) is 11.6 Å². The van der Waals surface area contributed by atoms with E-state index < -0.39 is 0 Å². The summed E-state index contributed by atoms with van der Waals surface area (Å²) in [5.41, 5.74) is 1.58. The Kier molecular flexibility index (Phi) is 7.16.